The Hall–Kier alpha value is -0.250. The highest BCUT2D eigenvalue weighted by molar-refractivity contribution is 9.10. The van der Waals surface area contributed by atoms with Crippen LogP contribution in [0.4, 0.5) is 0 Å². The van der Waals surface area contributed by atoms with Gasteiger partial charge in [0.25, 0.3) is 0 Å². The molecule has 1 aliphatic heterocycles. The van der Waals surface area contributed by atoms with Gasteiger partial charge in [-0.05, 0) is 31.2 Å². The molecule has 0 radical (unpaired) electrons. The summed E-state index contributed by atoms with van der Waals surface area (Å²) < 4.78 is 6.69. The van der Waals surface area contributed by atoms with Gasteiger partial charge in [0.1, 0.15) is 5.75 Å². The van der Waals surface area contributed by atoms with E-state index >= 15 is 0 Å². The fraction of sp³-hybridized carbons (Fsp3) is 0.455. The Kier molecular flexibility index (Phi) is 3.89. The highest BCUT2D eigenvalue weighted by Crippen LogP contribution is 2.28. The van der Waals surface area contributed by atoms with Crippen molar-refractivity contribution in [1.82, 2.24) is 5.32 Å². The van der Waals surface area contributed by atoms with Crippen LogP contribution in [0.3, 0.4) is 0 Å². The zero-order valence-corrected chi connectivity index (χ0v) is 10.6. The summed E-state index contributed by atoms with van der Waals surface area (Å²) in [5, 5.41) is 3.98. The Labute approximate surface area is 103 Å². The van der Waals surface area contributed by atoms with Gasteiger partial charge in [-0.1, -0.05) is 27.5 Å². The summed E-state index contributed by atoms with van der Waals surface area (Å²) in [5.41, 5.74) is 0. The molecular formula is C11H13BrClNO. The van der Waals surface area contributed by atoms with E-state index in [1.807, 2.05) is 18.2 Å². The van der Waals surface area contributed by atoms with E-state index in [-0.39, 0.29) is 0 Å². The van der Waals surface area contributed by atoms with Crippen molar-refractivity contribution in [3.05, 3.63) is 27.7 Å². The fourth-order valence-corrected chi connectivity index (χ4v) is 2.16. The monoisotopic (exact) mass is 289 g/mol. The molecule has 1 aliphatic rings. The van der Waals surface area contributed by atoms with Crippen LogP contribution in [0.15, 0.2) is 22.7 Å². The third-order valence-electron chi connectivity index (χ3n) is 2.53. The average molecular weight is 291 g/mol. The van der Waals surface area contributed by atoms with Crippen molar-refractivity contribution in [1.29, 1.82) is 0 Å². The first-order valence-electron chi connectivity index (χ1n) is 5.04. The lowest BCUT2D eigenvalue weighted by atomic mass is 10.1. The van der Waals surface area contributed by atoms with Crippen LogP contribution in [0.25, 0.3) is 0 Å². The quantitative estimate of drug-likeness (QED) is 0.924. The third-order valence-corrected chi connectivity index (χ3v) is 3.34. The van der Waals surface area contributed by atoms with Gasteiger partial charge in [0.05, 0.1) is 11.6 Å². The number of nitrogens with one attached hydrogen (secondary N) is 1. The van der Waals surface area contributed by atoms with E-state index in [1.54, 1.807) is 0 Å². The zero-order valence-electron chi connectivity index (χ0n) is 8.30. The summed E-state index contributed by atoms with van der Waals surface area (Å²) in [6.45, 7) is 2.88. The van der Waals surface area contributed by atoms with E-state index in [9.17, 15) is 0 Å². The third kappa shape index (κ3) is 3.10. The van der Waals surface area contributed by atoms with E-state index in [0.717, 1.165) is 29.9 Å². The molecule has 4 heteroatoms. The summed E-state index contributed by atoms with van der Waals surface area (Å²) in [6, 6.07) is 5.66. The van der Waals surface area contributed by atoms with Crippen molar-refractivity contribution < 1.29 is 4.74 Å². The summed E-state index contributed by atoms with van der Waals surface area (Å²) in [4.78, 5) is 0. The molecule has 1 N–H and O–H groups in total. The fourth-order valence-electron chi connectivity index (χ4n) is 1.65. The van der Waals surface area contributed by atoms with Crippen molar-refractivity contribution in [2.24, 2.45) is 5.92 Å². The zero-order chi connectivity index (χ0) is 10.7. The van der Waals surface area contributed by atoms with Gasteiger partial charge in [0.2, 0.25) is 0 Å². The molecule has 0 aliphatic carbocycles. The normalized spacial score (nSPS) is 20.5. The SMILES string of the molecule is Clc1ccc(Br)cc1OCC1CCNC1. The molecule has 82 valence electrons. The Balaban J connectivity index is 1.94. The molecular weight excluding hydrogens is 277 g/mol. The van der Waals surface area contributed by atoms with Gasteiger partial charge >= 0.3 is 0 Å². The molecule has 0 bridgehead atoms. The average Bonchev–Trinajstić information content (AvgIpc) is 2.72. The van der Waals surface area contributed by atoms with Crippen LogP contribution in [-0.2, 0) is 0 Å². The van der Waals surface area contributed by atoms with Crippen LogP contribution in [0.2, 0.25) is 5.02 Å². The lowest BCUT2D eigenvalue weighted by Crippen LogP contribution is -2.15. The molecule has 15 heavy (non-hydrogen) atoms. The minimum Gasteiger partial charge on any atom is -0.492 e. The molecule has 1 heterocycles. The topological polar surface area (TPSA) is 21.3 Å². The second-order valence-electron chi connectivity index (χ2n) is 3.74. The number of hydrogen-bond donors (Lipinski definition) is 1. The Morgan fingerprint density at radius 3 is 3.13 bits per heavy atom. The maximum atomic E-state index is 6.02. The summed E-state index contributed by atoms with van der Waals surface area (Å²) in [7, 11) is 0. The summed E-state index contributed by atoms with van der Waals surface area (Å²) in [5.74, 6) is 1.37. The van der Waals surface area contributed by atoms with Gasteiger partial charge in [-0.3, -0.25) is 0 Å². The standard InChI is InChI=1S/C11H13BrClNO/c12-9-1-2-10(13)11(5-9)15-7-8-3-4-14-6-8/h1-2,5,8,14H,3-4,6-7H2. The van der Waals surface area contributed by atoms with Gasteiger partial charge in [-0.15, -0.1) is 0 Å². The second-order valence-corrected chi connectivity index (χ2v) is 5.07. The van der Waals surface area contributed by atoms with Crippen LogP contribution in [0, 0.1) is 5.92 Å². The smallest absolute Gasteiger partial charge is 0.139 e. The first kappa shape index (κ1) is 11.2. The molecule has 1 atom stereocenters. The predicted molar refractivity (Wildman–Crippen MR) is 65.6 cm³/mol. The van der Waals surface area contributed by atoms with E-state index in [1.165, 1.54) is 6.42 Å². The maximum Gasteiger partial charge on any atom is 0.139 e. The number of halogens is 2. The number of ether oxygens (including phenoxy) is 1. The van der Waals surface area contributed by atoms with Gasteiger partial charge in [0.15, 0.2) is 0 Å². The van der Waals surface area contributed by atoms with Crippen LogP contribution in [0.1, 0.15) is 6.42 Å². The molecule has 0 aromatic heterocycles. The van der Waals surface area contributed by atoms with Gasteiger partial charge in [-0.2, -0.15) is 0 Å². The molecule has 1 fully saturated rings. The van der Waals surface area contributed by atoms with Crippen molar-refractivity contribution >= 4 is 27.5 Å². The largest absolute Gasteiger partial charge is 0.492 e. The first-order valence-corrected chi connectivity index (χ1v) is 6.21. The molecule has 1 aromatic rings. The number of hydrogen-bond acceptors (Lipinski definition) is 2. The Bertz CT molecular complexity index is 339. The number of rotatable bonds is 3. The molecule has 1 aromatic carbocycles. The predicted octanol–water partition coefficient (Wildman–Crippen LogP) is 3.09. The first-order chi connectivity index (χ1) is 7.25. The molecule has 0 amide bonds. The van der Waals surface area contributed by atoms with Gasteiger partial charge in [-0.25, -0.2) is 0 Å². The summed E-state index contributed by atoms with van der Waals surface area (Å²) in [6.07, 6.45) is 1.19. The van der Waals surface area contributed by atoms with Gasteiger partial charge in [0, 0.05) is 16.9 Å². The molecule has 2 rings (SSSR count). The van der Waals surface area contributed by atoms with E-state index < -0.39 is 0 Å². The minimum absolute atomic E-state index is 0.611. The van der Waals surface area contributed by atoms with Crippen molar-refractivity contribution in [3.63, 3.8) is 0 Å². The maximum absolute atomic E-state index is 6.02. The summed E-state index contributed by atoms with van der Waals surface area (Å²) >= 11 is 9.42. The van der Waals surface area contributed by atoms with Gasteiger partial charge < -0.3 is 10.1 Å². The molecule has 0 saturated carbocycles. The lowest BCUT2D eigenvalue weighted by molar-refractivity contribution is 0.260. The molecule has 1 saturated heterocycles. The molecule has 0 spiro atoms. The van der Waals surface area contributed by atoms with Crippen molar-refractivity contribution in [2.45, 2.75) is 6.42 Å². The highest BCUT2D eigenvalue weighted by Gasteiger charge is 2.15. The lowest BCUT2D eigenvalue weighted by Gasteiger charge is -2.12. The van der Waals surface area contributed by atoms with E-state index in [4.69, 9.17) is 16.3 Å². The van der Waals surface area contributed by atoms with E-state index in [0.29, 0.717) is 10.9 Å². The Morgan fingerprint density at radius 1 is 1.53 bits per heavy atom. The molecule has 1 unspecified atom stereocenters. The van der Waals surface area contributed by atoms with Crippen molar-refractivity contribution in [2.75, 3.05) is 19.7 Å². The second kappa shape index (κ2) is 5.19. The van der Waals surface area contributed by atoms with Crippen molar-refractivity contribution in [3.8, 4) is 5.75 Å². The van der Waals surface area contributed by atoms with Crippen LogP contribution >= 0.6 is 27.5 Å². The minimum atomic E-state index is 0.611. The Morgan fingerprint density at radius 2 is 2.40 bits per heavy atom. The van der Waals surface area contributed by atoms with Crippen LogP contribution in [0.5, 0.6) is 5.75 Å². The van der Waals surface area contributed by atoms with Crippen LogP contribution < -0.4 is 10.1 Å². The number of benzene rings is 1. The highest BCUT2D eigenvalue weighted by atomic mass is 79.9. The molecule has 2 nitrogen and oxygen atoms in total. The van der Waals surface area contributed by atoms with Crippen LogP contribution in [-0.4, -0.2) is 19.7 Å². The van der Waals surface area contributed by atoms with E-state index in [2.05, 4.69) is 21.2 Å².